The second-order valence-corrected chi connectivity index (χ2v) is 6.93. The summed E-state index contributed by atoms with van der Waals surface area (Å²) in [5.41, 5.74) is 8.28. The number of fused-ring (bicyclic) bond motifs is 1. The molecule has 27 heavy (non-hydrogen) atoms. The van der Waals surface area contributed by atoms with Gasteiger partial charge in [0, 0.05) is 36.8 Å². The van der Waals surface area contributed by atoms with Crippen LogP contribution in [0.2, 0.25) is 0 Å². The number of nitrogens with two attached hydrogens (primary N) is 1. The third-order valence-electron chi connectivity index (χ3n) is 3.61. The molecule has 1 amide bonds. The van der Waals surface area contributed by atoms with Gasteiger partial charge in [0.05, 0.1) is 15.8 Å². The minimum Gasteiger partial charge on any atom is -0.375 e. The number of hydrazine groups is 1. The van der Waals surface area contributed by atoms with Crippen LogP contribution in [0.15, 0.2) is 36.8 Å². The molecule has 0 saturated heterocycles. The molecule has 0 aliphatic carbocycles. The van der Waals surface area contributed by atoms with Crippen LogP contribution in [0.5, 0.6) is 0 Å². The normalized spacial score (nSPS) is 11.4. The van der Waals surface area contributed by atoms with Crippen molar-refractivity contribution in [3.63, 3.8) is 0 Å². The van der Waals surface area contributed by atoms with Gasteiger partial charge in [0.2, 0.25) is 0 Å². The first-order chi connectivity index (χ1) is 12.7. The van der Waals surface area contributed by atoms with E-state index < -0.39 is 17.6 Å². The Bertz CT molecular complexity index is 1020. The molecule has 0 aliphatic heterocycles. The molecule has 0 aromatic carbocycles. The summed E-state index contributed by atoms with van der Waals surface area (Å²) in [5.74, 6) is -0.569. The van der Waals surface area contributed by atoms with Gasteiger partial charge < -0.3 is 5.73 Å². The molecule has 0 aliphatic rings. The molecule has 0 saturated carbocycles. The minimum atomic E-state index is -4.53. The number of alkyl halides is 3. The summed E-state index contributed by atoms with van der Waals surface area (Å²) in [6.07, 6.45) is -0.728. The number of nitrogens with one attached hydrogen (secondary N) is 1. The second kappa shape index (κ2) is 7.08. The Morgan fingerprint density at radius 1 is 1.37 bits per heavy atom. The Labute approximate surface area is 160 Å². The third-order valence-corrected chi connectivity index (χ3v) is 5.01. The molecule has 140 valence electrons. The first-order valence-electron chi connectivity index (χ1n) is 7.42. The number of halogens is 3. The minimum absolute atomic E-state index is 0.0649. The van der Waals surface area contributed by atoms with Gasteiger partial charge in [-0.2, -0.15) is 13.2 Å². The highest BCUT2D eigenvalue weighted by Crippen LogP contribution is 2.40. The van der Waals surface area contributed by atoms with Gasteiger partial charge >= 0.3 is 6.18 Å². The van der Waals surface area contributed by atoms with Crippen molar-refractivity contribution < 1.29 is 18.0 Å². The number of thiophene rings is 1. The molecular weight excluding hydrogens is 399 g/mol. The van der Waals surface area contributed by atoms with Gasteiger partial charge in [-0.15, -0.1) is 11.3 Å². The number of amides is 1. The molecule has 3 aromatic rings. The fourth-order valence-corrected chi connectivity index (χ4v) is 3.49. The van der Waals surface area contributed by atoms with Gasteiger partial charge in [-0.25, -0.2) is 0 Å². The highest BCUT2D eigenvalue weighted by atomic mass is 32.1. The lowest BCUT2D eigenvalue weighted by atomic mass is 10.1. The van der Waals surface area contributed by atoms with Crippen molar-refractivity contribution >= 4 is 44.8 Å². The molecule has 0 spiro atoms. The van der Waals surface area contributed by atoms with Gasteiger partial charge in [-0.3, -0.25) is 25.2 Å². The van der Waals surface area contributed by atoms with E-state index in [9.17, 15) is 18.0 Å². The molecule has 3 N–H and O–H groups in total. The predicted molar refractivity (Wildman–Crippen MR) is 99.9 cm³/mol. The monoisotopic (exact) mass is 411 g/mol. The Morgan fingerprint density at radius 2 is 2.11 bits per heavy atom. The zero-order chi connectivity index (χ0) is 19.8. The van der Waals surface area contributed by atoms with Crippen molar-refractivity contribution in [3.8, 4) is 11.1 Å². The zero-order valence-electron chi connectivity index (χ0n) is 13.7. The van der Waals surface area contributed by atoms with E-state index in [0.29, 0.717) is 11.1 Å². The number of pyridine rings is 2. The topological polar surface area (TPSA) is 84.1 Å². The summed E-state index contributed by atoms with van der Waals surface area (Å²) >= 11 is 5.68. The van der Waals surface area contributed by atoms with E-state index in [0.717, 1.165) is 28.6 Å². The maximum absolute atomic E-state index is 13.0. The highest BCUT2D eigenvalue weighted by molar-refractivity contribution is 7.80. The van der Waals surface area contributed by atoms with Crippen LogP contribution in [-0.4, -0.2) is 33.0 Å². The second-order valence-electron chi connectivity index (χ2n) is 5.45. The molecule has 0 atom stereocenters. The smallest absolute Gasteiger partial charge is 0.375 e. The average molecular weight is 411 g/mol. The average Bonchev–Trinajstić information content (AvgIpc) is 3.00. The van der Waals surface area contributed by atoms with Gasteiger partial charge in [0.25, 0.3) is 5.91 Å². The molecule has 3 rings (SSSR count). The summed E-state index contributed by atoms with van der Waals surface area (Å²) < 4.78 is 39.2. The first-order valence-corrected chi connectivity index (χ1v) is 8.65. The van der Waals surface area contributed by atoms with Crippen LogP contribution < -0.4 is 11.2 Å². The Kier molecular flexibility index (Phi) is 4.98. The molecule has 0 bridgehead atoms. The van der Waals surface area contributed by atoms with Crippen molar-refractivity contribution in [1.29, 1.82) is 0 Å². The number of nitrogens with zero attached hydrogens (tertiary/aromatic N) is 3. The molecule has 0 fully saturated rings. The lowest BCUT2D eigenvalue weighted by Gasteiger charge is -2.17. The lowest BCUT2D eigenvalue weighted by Crippen LogP contribution is -2.45. The maximum Gasteiger partial charge on any atom is 0.417 e. The van der Waals surface area contributed by atoms with Gasteiger partial charge in [0.1, 0.15) is 4.88 Å². The SMILES string of the molecule is CN(NC(=O)c1sc2cc(C(F)(F)F)cnc2c1-c1cccnc1)C(N)=S. The van der Waals surface area contributed by atoms with Crippen LogP contribution in [0.25, 0.3) is 21.3 Å². The standard InChI is InChI=1S/C16H12F3N5OS2/c1-24(15(20)26)23-14(25)13-11(8-3-2-4-21-6-8)12-10(27-13)5-9(7-22-12)16(17,18)19/h2-7H,1H3,(H2,20,26)(H,23,25). The van der Waals surface area contributed by atoms with Crippen LogP contribution in [0.4, 0.5) is 13.2 Å². The van der Waals surface area contributed by atoms with Crippen LogP contribution in [-0.2, 0) is 6.18 Å². The van der Waals surface area contributed by atoms with Crippen molar-refractivity contribution in [2.24, 2.45) is 5.73 Å². The quantitative estimate of drug-likeness (QED) is 0.498. The maximum atomic E-state index is 13.0. The molecule has 6 nitrogen and oxygen atoms in total. The summed E-state index contributed by atoms with van der Waals surface area (Å²) in [5, 5.41) is 1.08. The number of hydrogen-bond donors (Lipinski definition) is 2. The molecule has 0 unspecified atom stereocenters. The van der Waals surface area contributed by atoms with E-state index >= 15 is 0 Å². The van der Waals surface area contributed by atoms with Gasteiger partial charge in [-0.1, -0.05) is 6.07 Å². The number of rotatable bonds is 2. The van der Waals surface area contributed by atoms with Crippen molar-refractivity contribution in [2.45, 2.75) is 6.18 Å². The summed E-state index contributed by atoms with van der Waals surface area (Å²) in [6.45, 7) is 0. The zero-order valence-corrected chi connectivity index (χ0v) is 15.4. The Morgan fingerprint density at radius 3 is 2.70 bits per heavy atom. The van der Waals surface area contributed by atoms with Crippen molar-refractivity contribution in [3.05, 3.63) is 47.2 Å². The Balaban J connectivity index is 2.18. The molecule has 3 heterocycles. The van der Waals surface area contributed by atoms with E-state index in [4.69, 9.17) is 18.0 Å². The number of hydrogen-bond acceptors (Lipinski definition) is 5. The van der Waals surface area contributed by atoms with E-state index in [-0.39, 0.29) is 20.2 Å². The Hall–Kier alpha value is -2.79. The largest absolute Gasteiger partial charge is 0.417 e. The van der Waals surface area contributed by atoms with Crippen LogP contribution in [0.1, 0.15) is 15.2 Å². The molecule has 11 heteroatoms. The van der Waals surface area contributed by atoms with Crippen LogP contribution >= 0.6 is 23.6 Å². The summed E-state index contributed by atoms with van der Waals surface area (Å²) in [6, 6.07) is 4.33. The van der Waals surface area contributed by atoms with E-state index in [1.165, 1.54) is 13.2 Å². The van der Waals surface area contributed by atoms with E-state index in [1.807, 2.05) is 0 Å². The number of aromatic nitrogens is 2. The summed E-state index contributed by atoms with van der Waals surface area (Å²) in [7, 11) is 1.46. The first kappa shape index (κ1) is 19.0. The van der Waals surface area contributed by atoms with Gasteiger partial charge in [-0.05, 0) is 24.4 Å². The third kappa shape index (κ3) is 3.83. The van der Waals surface area contributed by atoms with Crippen molar-refractivity contribution in [1.82, 2.24) is 20.4 Å². The molecule has 3 aromatic heterocycles. The summed E-state index contributed by atoms with van der Waals surface area (Å²) in [4.78, 5) is 20.8. The van der Waals surface area contributed by atoms with E-state index in [1.54, 1.807) is 18.3 Å². The lowest BCUT2D eigenvalue weighted by molar-refractivity contribution is -0.137. The predicted octanol–water partition coefficient (Wildman–Crippen LogP) is 3.20. The van der Waals surface area contributed by atoms with Gasteiger partial charge in [0.15, 0.2) is 5.11 Å². The van der Waals surface area contributed by atoms with Crippen LogP contribution in [0, 0.1) is 0 Å². The van der Waals surface area contributed by atoms with Crippen molar-refractivity contribution in [2.75, 3.05) is 7.05 Å². The fraction of sp³-hybridized carbons (Fsp3) is 0.125. The fourth-order valence-electron chi connectivity index (χ4n) is 2.33. The van der Waals surface area contributed by atoms with Crippen LogP contribution in [0.3, 0.4) is 0 Å². The number of carbonyl (C=O) groups is 1. The molecule has 0 radical (unpaired) electrons. The molecular formula is C16H12F3N5OS2. The highest BCUT2D eigenvalue weighted by Gasteiger charge is 2.32. The number of carbonyl (C=O) groups excluding carboxylic acids is 1. The number of thiocarbonyl (C=S) groups is 1. The van der Waals surface area contributed by atoms with E-state index in [2.05, 4.69) is 15.4 Å².